The maximum atomic E-state index is 12.0. The van der Waals surface area contributed by atoms with Gasteiger partial charge in [0, 0.05) is 19.6 Å². The summed E-state index contributed by atoms with van der Waals surface area (Å²) in [4.78, 5) is 13.9. The Kier molecular flexibility index (Phi) is 3.57. The molecule has 1 fully saturated rings. The lowest BCUT2D eigenvalue weighted by atomic mass is 10.1. The van der Waals surface area contributed by atoms with Crippen molar-refractivity contribution in [2.75, 3.05) is 20.1 Å². The molecular weight excluding hydrogens is 200 g/mol. The molecule has 1 aliphatic rings. The third-order valence-corrected chi connectivity index (χ3v) is 3.17. The maximum Gasteiger partial charge on any atom is 0.227 e. The fourth-order valence-corrected chi connectivity index (χ4v) is 2.07. The van der Waals surface area contributed by atoms with Crippen LogP contribution >= 0.6 is 0 Å². The van der Waals surface area contributed by atoms with Gasteiger partial charge in [0.15, 0.2) is 0 Å². The predicted molar refractivity (Wildman–Crippen MR) is 64.2 cm³/mol. The Morgan fingerprint density at radius 3 is 2.81 bits per heavy atom. The SMILES string of the molecule is CN(C(=O)Cc1ccccc1)[C@H]1CCNC1. The highest BCUT2D eigenvalue weighted by Gasteiger charge is 2.22. The second-order valence-electron chi connectivity index (χ2n) is 4.31. The van der Waals surface area contributed by atoms with E-state index in [0.717, 1.165) is 25.1 Å². The lowest BCUT2D eigenvalue weighted by molar-refractivity contribution is -0.130. The Balaban J connectivity index is 1.92. The van der Waals surface area contributed by atoms with Crippen LogP contribution in [0.2, 0.25) is 0 Å². The summed E-state index contributed by atoms with van der Waals surface area (Å²) in [5, 5.41) is 3.28. The average molecular weight is 218 g/mol. The van der Waals surface area contributed by atoms with Gasteiger partial charge in [-0.1, -0.05) is 30.3 Å². The molecule has 0 spiro atoms. The summed E-state index contributed by atoms with van der Waals surface area (Å²) in [7, 11) is 1.91. The van der Waals surface area contributed by atoms with Gasteiger partial charge in [-0.25, -0.2) is 0 Å². The molecule has 1 N–H and O–H groups in total. The highest BCUT2D eigenvalue weighted by Crippen LogP contribution is 2.09. The van der Waals surface area contributed by atoms with Crippen molar-refractivity contribution in [3.05, 3.63) is 35.9 Å². The van der Waals surface area contributed by atoms with Crippen LogP contribution in [0.15, 0.2) is 30.3 Å². The average Bonchev–Trinajstić information content (AvgIpc) is 2.83. The van der Waals surface area contributed by atoms with Crippen LogP contribution in [0.25, 0.3) is 0 Å². The van der Waals surface area contributed by atoms with Gasteiger partial charge in [0.25, 0.3) is 0 Å². The molecule has 0 aromatic heterocycles. The van der Waals surface area contributed by atoms with E-state index >= 15 is 0 Å². The Bertz CT molecular complexity index is 344. The van der Waals surface area contributed by atoms with E-state index in [1.807, 2.05) is 42.3 Å². The topological polar surface area (TPSA) is 32.3 Å². The zero-order valence-corrected chi connectivity index (χ0v) is 9.65. The van der Waals surface area contributed by atoms with Crippen LogP contribution in [0.4, 0.5) is 0 Å². The minimum absolute atomic E-state index is 0.208. The molecular formula is C13H18N2O. The number of likely N-dealkylation sites (N-methyl/N-ethyl adjacent to an activating group) is 1. The van der Waals surface area contributed by atoms with Gasteiger partial charge in [-0.2, -0.15) is 0 Å². The van der Waals surface area contributed by atoms with Gasteiger partial charge in [0.05, 0.1) is 6.42 Å². The summed E-state index contributed by atoms with van der Waals surface area (Å²) in [6, 6.07) is 10.3. The summed E-state index contributed by atoms with van der Waals surface area (Å²) in [5.74, 6) is 0.208. The largest absolute Gasteiger partial charge is 0.341 e. The second kappa shape index (κ2) is 5.12. The Morgan fingerprint density at radius 1 is 1.44 bits per heavy atom. The van der Waals surface area contributed by atoms with Crippen molar-refractivity contribution in [1.82, 2.24) is 10.2 Å². The highest BCUT2D eigenvalue weighted by molar-refractivity contribution is 5.78. The quantitative estimate of drug-likeness (QED) is 0.822. The molecule has 3 nitrogen and oxygen atoms in total. The van der Waals surface area contributed by atoms with E-state index < -0.39 is 0 Å². The second-order valence-corrected chi connectivity index (χ2v) is 4.31. The van der Waals surface area contributed by atoms with Gasteiger partial charge in [-0.05, 0) is 18.5 Å². The molecule has 1 amide bonds. The molecule has 0 unspecified atom stereocenters. The smallest absolute Gasteiger partial charge is 0.227 e. The predicted octanol–water partition coefficient (Wildman–Crippen LogP) is 1.05. The molecule has 0 saturated carbocycles. The van der Waals surface area contributed by atoms with Crippen molar-refractivity contribution in [1.29, 1.82) is 0 Å². The standard InChI is InChI=1S/C13H18N2O/c1-15(12-7-8-14-10-12)13(16)9-11-5-3-2-4-6-11/h2-6,12,14H,7-10H2,1H3/t12-/m0/s1. The van der Waals surface area contributed by atoms with Gasteiger partial charge < -0.3 is 10.2 Å². The Morgan fingerprint density at radius 2 is 2.19 bits per heavy atom. The first kappa shape index (κ1) is 11.1. The van der Waals surface area contributed by atoms with Crippen molar-refractivity contribution >= 4 is 5.91 Å². The molecule has 0 bridgehead atoms. The Hall–Kier alpha value is -1.35. The molecule has 86 valence electrons. The Labute approximate surface area is 96.5 Å². The molecule has 1 atom stereocenters. The third-order valence-electron chi connectivity index (χ3n) is 3.17. The lowest BCUT2D eigenvalue weighted by Crippen LogP contribution is -2.39. The van der Waals surface area contributed by atoms with Crippen LogP contribution in [0.3, 0.4) is 0 Å². The molecule has 2 rings (SSSR count). The number of carbonyl (C=O) groups excluding carboxylic acids is 1. The lowest BCUT2D eigenvalue weighted by Gasteiger charge is -2.23. The van der Waals surface area contributed by atoms with Crippen LogP contribution in [0.5, 0.6) is 0 Å². The number of carbonyl (C=O) groups is 1. The summed E-state index contributed by atoms with van der Waals surface area (Å²) in [6.45, 7) is 1.95. The fourth-order valence-electron chi connectivity index (χ4n) is 2.07. The van der Waals surface area contributed by atoms with Gasteiger partial charge in [0.1, 0.15) is 0 Å². The summed E-state index contributed by atoms with van der Waals surface area (Å²) in [5.41, 5.74) is 1.09. The summed E-state index contributed by atoms with van der Waals surface area (Å²) < 4.78 is 0. The number of rotatable bonds is 3. The molecule has 1 aliphatic heterocycles. The van der Waals surface area contributed by atoms with E-state index in [4.69, 9.17) is 0 Å². The monoisotopic (exact) mass is 218 g/mol. The molecule has 0 aliphatic carbocycles. The van der Waals surface area contributed by atoms with E-state index in [9.17, 15) is 4.79 Å². The van der Waals surface area contributed by atoms with Crippen molar-refractivity contribution in [2.24, 2.45) is 0 Å². The third kappa shape index (κ3) is 2.61. The van der Waals surface area contributed by atoms with Crippen molar-refractivity contribution < 1.29 is 4.79 Å². The van der Waals surface area contributed by atoms with E-state index in [1.54, 1.807) is 0 Å². The van der Waals surface area contributed by atoms with E-state index in [-0.39, 0.29) is 5.91 Å². The van der Waals surface area contributed by atoms with Crippen LogP contribution in [-0.4, -0.2) is 37.0 Å². The molecule has 1 aromatic carbocycles. The fraction of sp³-hybridized carbons (Fsp3) is 0.462. The number of amides is 1. The molecule has 16 heavy (non-hydrogen) atoms. The zero-order chi connectivity index (χ0) is 11.4. The number of nitrogens with zero attached hydrogens (tertiary/aromatic N) is 1. The first-order valence-electron chi connectivity index (χ1n) is 5.77. The number of hydrogen-bond donors (Lipinski definition) is 1. The minimum atomic E-state index is 0.208. The minimum Gasteiger partial charge on any atom is -0.341 e. The van der Waals surface area contributed by atoms with Crippen molar-refractivity contribution in [3.63, 3.8) is 0 Å². The van der Waals surface area contributed by atoms with Crippen molar-refractivity contribution in [3.8, 4) is 0 Å². The van der Waals surface area contributed by atoms with Gasteiger partial charge in [-0.3, -0.25) is 4.79 Å². The first-order chi connectivity index (χ1) is 7.77. The van der Waals surface area contributed by atoms with Gasteiger partial charge >= 0.3 is 0 Å². The van der Waals surface area contributed by atoms with Crippen LogP contribution in [0.1, 0.15) is 12.0 Å². The van der Waals surface area contributed by atoms with Crippen LogP contribution in [-0.2, 0) is 11.2 Å². The van der Waals surface area contributed by atoms with Gasteiger partial charge in [-0.15, -0.1) is 0 Å². The summed E-state index contributed by atoms with van der Waals surface area (Å²) in [6.07, 6.45) is 1.57. The number of hydrogen-bond acceptors (Lipinski definition) is 2. The van der Waals surface area contributed by atoms with E-state index in [1.165, 1.54) is 0 Å². The van der Waals surface area contributed by atoms with E-state index in [0.29, 0.717) is 12.5 Å². The number of nitrogens with one attached hydrogen (secondary N) is 1. The zero-order valence-electron chi connectivity index (χ0n) is 9.65. The van der Waals surface area contributed by atoms with Gasteiger partial charge in [0.2, 0.25) is 5.91 Å². The van der Waals surface area contributed by atoms with Crippen LogP contribution < -0.4 is 5.32 Å². The maximum absolute atomic E-state index is 12.0. The molecule has 1 heterocycles. The highest BCUT2D eigenvalue weighted by atomic mass is 16.2. The number of benzene rings is 1. The summed E-state index contributed by atoms with van der Waals surface area (Å²) >= 11 is 0. The normalized spacial score (nSPS) is 19.7. The molecule has 0 radical (unpaired) electrons. The first-order valence-corrected chi connectivity index (χ1v) is 5.77. The van der Waals surface area contributed by atoms with E-state index in [2.05, 4.69) is 5.32 Å². The molecule has 1 aromatic rings. The van der Waals surface area contributed by atoms with Crippen molar-refractivity contribution in [2.45, 2.75) is 18.9 Å². The molecule has 3 heteroatoms. The van der Waals surface area contributed by atoms with Crippen LogP contribution in [0, 0.1) is 0 Å². The molecule has 1 saturated heterocycles.